The maximum atomic E-state index is 11.3. The number of fused-ring (bicyclic) bond motifs is 1. The van der Waals surface area contributed by atoms with E-state index in [-0.39, 0.29) is 5.97 Å². The number of esters is 2. The number of hydrogen-bond donors (Lipinski definition) is 0. The van der Waals surface area contributed by atoms with Crippen LogP contribution in [0.25, 0.3) is 23.1 Å². The highest BCUT2D eigenvalue weighted by molar-refractivity contribution is 5.88. The standard InChI is InChI=1S/C21H17NO4/c1-14(23)25-19-8-4-3-6-16(19)10-12-18-13-11-17-7-5-9-20(21(17)22-18)26-15(2)24/h3-13H,1-2H3/b12-10+. The number of rotatable bonds is 4. The van der Waals surface area contributed by atoms with Crippen molar-refractivity contribution < 1.29 is 19.1 Å². The Morgan fingerprint density at radius 1 is 0.808 bits per heavy atom. The van der Waals surface area contributed by atoms with Gasteiger partial charge in [-0.05, 0) is 30.4 Å². The number of carbonyl (C=O) groups is 2. The van der Waals surface area contributed by atoms with E-state index in [1.807, 2.05) is 48.6 Å². The molecule has 0 spiro atoms. The summed E-state index contributed by atoms with van der Waals surface area (Å²) in [6.45, 7) is 2.72. The number of benzene rings is 2. The molecule has 5 nitrogen and oxygen atoms in total. The van der Waals surface area contributed by atoms with Gasteiger partial charge >= 0.3 is 11.9 Å². The van der Waals surface area contributed by atoms with E-state index in [0.29, 0.717) is 22.7 Å². The zero-order valence-electron chi connectivity index (χ0n) is 14.4. The highest BCUT2D eigenvalue weighted by Gasteiger charge is 2.07. The van der Waals surface area contributed by atoms with Gasteiger partial charge in [0, 0.05) is 24.8 Å². The molecule has 0 saturated carbocycles. The summed E-state index contributed by atoms with van der Waals surface area (Å²) in [6, 6.07) is 16.4. The van der Waals surface area contributed by atoms with Gasteiger partial charge in [0.1, 0.15) is 11.3 Å². The van der Waals surface area contributed by atoms with Crippen LogP contribution in [0.4, 0.5) is 0 Å². The number of hydrogen-bond acceptors (Lipinski definition) is 5. The minimum Gasteiger partial charge on any atom is -0.426 e. The van der Waals surface area contributed by atoms with Crippen LogP contribution in [-0.4, -0.2) is 16.9 Å². The van der Waals surface area contributed by atoms with Gasteiger partial charge in [-0.3, -0.25) is 9.59 Å². The molecule has 0 amide bonds. The van der Waals surface area contributed by atoms with Crippen LogP contribution in [0.2, 0.25) is 0 Å². The van der Waals surface area contributed by atoms with Crippen molar-refractivity contribution in [1.82, 2.24) is 4.98 Å². The first-order valence-electron chi connectivity index (χ1n) is 8.06. The van der Waals surface area contributed by atoms with Crippen LogP contribution in [0, 0.1) is 0 Å². The molecule has 0 atom stereocenters. The van der Waals surface area contributed by atoms with Gasteiger partial charge in [0.05, 0.1) is 5.69 Å². The minimum atomic E-state index is -0.393. The molecular weight excluding hydrogens is 330 g/mol. The van der Waals surface area contributed by atoms with Crippen LogP contribution in [0.15, 0.2) is 54.6 Å². The van der Waals surface area contributed by atoms with Crippen molar-refractivity contribution in [1.29, 1.82) is 0 Å². The van der Waals surface area contributed by atoms with Gasteiger partial charge in [-0.1, -0.05) is 36.4 Å². The number of nitrogens with zero attached hydrogens (tertiary/aromatic N) is 1. The predicted molar refractivity (Wildman–Crippen MR) is 99.7 cm³/mol. The van der Waals surface area contributed by atoms with Crippen molar-refractivity contribution in [3.8, 4) is 11.5 Å². The van der Waals surface area contributed by atoms with E-state index in [9.17, 15) is 9.59 Å². The first kappa shape index (κ1) is 17.4. The van der Waals surface area contributed by atoms with E-state index in [0.717, 1.165) is 10.9 Å². The Labute approximate surface area is 150 Å². The summed E-state index contributed by atoms with van der Waals surface area (Å²) in [5.41, 5.74) is 2.06. The predicted octanol–water partition coefficient (Wildman–Crippen LogP) is 4.26. The van der Waals surface area contributed by atoms with E-state index in [4.69, 9.17) is 9.47 Å². The normalized spacial score (nSPS) is 10.8. The lowest BCUT2D eigenvalue weighted by atomic mass is 10.1. The summed E-state index contributed by atoms with van der Waals surface area (Å²) in [6.07, 6.45) is 3.63. The fourth-order valence-electron chi connectivity index (χ4n) is 2.51. The third-order valence-electron chi connectivity index (χ3n) is 3.56. The average Bonchev–Trinajstić information content (AvgIpc) is 2.60. The zero-order valence-corrected chi connectivity index (χ0v) is 14.4. The summed E-state index contributed by atoms with van der Waals surface area (Å²) in [4.78, 5) is 27.0. The molecule has 3 aromatic rings. The quantitative estimate of drug-likeness (QED) is 0.521. The van der Waals surface area contributed by atoms with Gasteiger partial charge in [-0.25, -0.2) is 4.98 Å². The molecule has 0 radical (unpaired) electrons. The molecule has 130 valence electrons. The molecule has 0 saturated heterocycles. The molecule has 0 aliphatic heterocycles. The molecular formula is C21H17NO4. The molecule has 5 heteroatoms. The Morgan fingerprint density at radius 2 is 1.50 bits per heavy atom. The molecule has 0 N–H and O–H groups in total. The molecule has 0 aliphatic carbocycles. The number of aromatic nitrogens is 1. The zero-order chi connectivity index (χ0) is 18.5. The third kappa shape index (κ3) is 4.13. The highest BCUT2D eigenvalue weighted by Crippen LogP contribution is 2.25. The van der Waals surface area contributed by atoms with Crippen molar-refractivity contribution in [2.75, 3.05) is 0 Å². The first-order chi connectivity index (χ1) is 12.5. The fourth-order valence-corrected chi connectivity index (χ4v) is 2.51. The summed E-state index contributed by atoms with van der Waals surface area (Å²) in [5, 5.41) is 0.876. The first-order valence-corrected chi connectivity index (χ1v) is 8.06. The molecule has 2 aromatic carbocycles. The van der Waals surface area contributed by atoms with Gasteiger partial charge in [0.15, 0.2) is 5.75 Å². The Kier molecular flexibility index (Phi) is 5.08. The number of ether oxygens (including phenoxy) is 2. The van der Waals surface area contributed by atoms with Crippen LogP contribution >= 0.6 is 0 Å². The van der Waals surface area contributed by atoms with Crippen molar-refractivity contribution in [3.05, 3.63) is 65.9 Å². The van der Waals surface area contributed by atoms with Gasteiger partial charge in [0.2, 0.25) is 0 Å². The minimum absolute atomic E-state index is 0.374. The summed E-state index contributed by atoms with van der Waals surface area (Å²) in [7, 11) is 0. The second kappa shape index (κ2) is 7.61. The van der Waals surface area contributed by atoms with E-state index in [1.165, 1.54) is 13.8 Å². The molecule has 1 aromatic heterocycles. The lowest BCUT2D eigenvalue weighted by Gasteiger charge is -2.06. The van der Waals surface area contributed by atoms with E-state index in [1.54, 1.807) is 18.2 Å². The largest absolute Gasteiger partial charge is 0.426 e. The molecule has 3 rings (SSSR count). The van der Waals surface area contributed by atoms with Crippen molar-refractivity contribution >= 4 is 35.0 Å². The van der Waals surface area contributed by atoms with Crippen molar-refractivity contribution in [2.45, 2.75) is 13.8 Å². The monoisotopic (exact) mass is 347 g/mol. The maximum Gasteiger partial charge on any atom is 0.308 e. The Morgan fingerprint density at radius 3 is 2.27 bits per heavy atom. The van der Waals surface area contributed by atoms with E-state index >= 15 is 0 Å². The van der Waals surface area contributed by atoms with Crippen LogP contribution in [0.1, 0.15) is 25.1 Å². The summed E-state index contributed by atoms with van der Waals surface area (Å²) >= 11 is 0. The van der Waals surface area contributed by atoms with Crippen molar-refractivity contribution in [3.63, 3.8) is 0 Å². The van der Waals surface area contributed by atoms with Crippen LogP contribution in [-0.2, 0) is 9.59 Å². The molecule has 0 unspecified atom stereocenters. The second-order valence-electron chi connectivity index (χ2n) is 5.62. The second-order valence-corrected chi connectivity index (χ2v) is 5.62. The fraction of sp³-hybridized carbons (Fsp3) is 0.0952. The van der Waals surface area contributed by atoms with E-state index < -0.39 is 5.97 Å². The van der Waals surface area contributed by atoms with Crippen LogP contribution in [0.5, 0.6) is 11.5 Å². The maximum absolute atomic E-state index is 11.3. The van der Waals surface area contributed by atoms with Crippen LogP contribution < -0.4 is 9.47 Å². The number of para-hydroxylation sites is 2. The molecule has 0 aliphatic rings. The summed E-state index contributed by atoms with van der Waals surface area (Å²) in [5.74, 6) is 0.138. The molecule has 0 bridgehead atoms. The topological polar surface area (TPSA) is 65.5 Å². The number of pyridine rings is 1. The van der Waals surface area contributed by atoms with Crippen molar-refractivity contribution in [2.24, 2.45) is 0 Å². The van der Waals surface area contributed by atoms with Gasteiger partial charge < -0.3 is 9.47 Å². The lowest BCUT2D eigenvalue weighted by molar-refractivity contribution is -0.132. The Balaban J connectivity index is 1.95. The Bertz CT molecular complexity index is 1010. The summed E-state index contributed by atoms with van der Waals surface area (Å²) < 4.78 is 10.4. The van der Waals surface area contributed by atoms with Gasteiger partial charge in [0.25, 0.3) is 0 Å². The highest BCUT2D eigenvalue weighted by atomic mass is 16.5. The number of carbonyl (C=O) groups excluding carboxylic acids is 2. The van der Waals surface area contributed by atoms with Gasteiger partial charge in [-0.15, -0.1) is 0 Å². The molecule has 0 fully saturated rings. The molecule has 26 heavy (non-hydrogen) atoms. The smallest absolute Gasteiger partial charge is 0.308 e. The average molecular weight is 347 g/mol. The lowest BCUT2D eigenvalue weighted by Crippen LogP contribution is -2.02. The van der Waals surface area contributed by atoms with E-state index in [2.05, 4.69) is 4.98 Å². The third-order valence-corrected chi connectivity index (χ3v) is 3.56. The van der Waals surface area contributed by atoms with Gasteiger partial charge in [-0.2, -0.15) is 0 Å². The van der Waals surface area contributed by atoms with Crippen LogP contribution in [0.3, 0.4) is 0 Å². The molecule has 1 heterocycles. The Hall–Kier alpha value is -3.47. The SMILES string of the molecule is CC(=O)Oc1ccccc1/C=C/c1ccc2cccc(OC(C)=O)c2n1.